The van der Waals surface area contributed by atoms with Gasteiger partial charge in [0, 0.05) is 22.8 Å². The Morgan fingerprint density at radius 1 is 1.09 bits per heavy atom. The van der Waals surface area contributed by atoms with Crippen LogP contribution in [0.15, 0.2) is 57.8 Å². The normalized spacial score (nSPS) is 13.8. The number of carbonyl (C=O) groups excluding carboxylic acids is 2. The fourth-order valence-electron chi connectivity index (χ4n) is 3.66. The van der Waals surface area contributed by atoms with Crippen molar-refractivity contribution in [3.05, 3.63) is 59.9 Å². The molecule has 6 nitrogen and oxygen atoms in total. The molecule has 0 unspecified atom stereocenters. The third-order valence-corrected chi connectivity index (χ3v) is 8.40. The number of rotatable bonds is 8. The molecule has 166 valence electrons. The highest BCUT2D eigenvalue weighted by molar-refractivity contribution is 8.01. The molecule has 3 aromatic rings. The molecule has 0 bridgehead atoms. The van der Waals surface area contributed by atoms with E-state index < -0.39 is 6.03 Å². The molecule has 1 aromatic carbocycles. The zero-order valence-corrected chi connectivity index (χ0v) is 20.1. The number of hydrogen-bond acceptors (Lipinski definition) is 7. The van der Waals surface area contributed by atoms with E-state index >= 15 is 0 Å². The van der Waals surface area contributed by atoms with Crippen molar-refractivity contribution in [1.29, 1.82) is 0 Å². The molecule has 1 fully saturated rings. The summed E-state index contributed by atoms with van der Waals surface area (Å²) in [5, 5.41) is 6.07. The van der Waals surface area contributed by atoms with Crippen molar-refractivity contribution in [3.63, 3.8) is 0 Å². The first kappa shape index (κ1) is 22.8. The van der Waals surface area contributed by atoms with E-state index in [9.17, 15) is 9.59 Å². The fourth-order valence-corrected chi connectivity index (χ4v) is 6.34. The van der Waals surface area contributed by atoms with Gasteiger partial charge in [0.15, 0.2) is 10.9 Å². The summed E-state index contributed by atoms with van der Waals surface area (Å²) in [6.45, 7) is 0. The third-order valence-electron chi connectivity index (χ3n) is 5.22. The predicted octanol–water partition coefficient (Wildman–Crippen LogP) is 6.57. The molecule has 2 N–H and O–H groups in total. The zero-order valence-electron chi connectivity index (χ0n) is 17.7. The number of ketones is 1. The lowest BCUT2D eigenvalue weighted by Gasteiger charge is -2.12. The Balaban J connectivity index is 1.41. The van der Waals surface area contributed by atoms with Gasteiger partial charge in [-0.1, -0.05) is 42.4 Å². The molecular weight excluding hydrogens is 460 g/mol. The lowest BCUT2D eigenvalue weighted by atomic mass is 9.97. The Labute approximate surface area is 200 Å². The van der Waals surface area contributed by atoms with Gasteiger partial charge in [-0.05, 0) is 43.4 Å². The van der Waals surface area contributed by atoms with Crippen LogP contribution in [0.5, 0.6) is 0 Å². The standard InChI is InChI=1S/C23H24N4O2S3/c1-30-21-18(14-31-16-10-3-2-4-11-16)25-23(32-21)27-22(29)26-20-17(12-7-13-24-20)19(28)15-8-5-6-9-15/h2-4,7,10-13,15H,5-6,8-9,14H2,1H3,(H2,24,25,26,27,29). The first-order valence-corrected chi connectivity index (χ1v) is 13.5. The number of hydrogen-bond donors (Lipinski definition) is 2. The van der Waals surface area contributed by atoms with E-state index in [0.29, 0.717) is 16.5 Å². The fraction of sp³-hybridized carbons (Fsp3) is 0.304. The maximum Gasteiger partial charge on any atom is 0.326 e. The van der Waals surface area contributed by atoms with Gasteiger partial charge in [0.1, 0.15) is 5.82 Å². The number of Topliss-reactive ketones (excluding diaryl/α,β-unsaturated/α-hetero) is 1. The van der Waals surface area contributed by atoms with Gasteiger partial charge in [-0.3, -0.25) is 15.4 Å². The number of thioether (sulfide) groups is 2. The average molecular weight is 485 g/mol. The molecule has 2 aromatic heterocycles. The number of carbonyl (C=O) groups is 2. The van der Waals surface area contributed by atoms with Crippen LogP contribution in [-0.4, -0.2) is 28.0 Å². The Hall–Kier alpha value is -2.36. The number of pyridine rings is 1. The number of anilines is 2. The van der Waals surface area contributed by atoms with Crippen LogP contribution in [0.2, 0.25) is 0 Å². The van der Waals surface area contributed by atoms with E-state index in [1.54, 1.807) is 41.9 Å². The van der Waals surface area contributed by atoms with Crippen LogP contribution < -0.4 is 10.6 Å². The molecule has 0 atom stereocenters. The van der Waals surface area contributed by atoms with Crippen LogP contribution in [-0.2, 0) is 5.75 Å². The summed E-state index contributed by atoms with van der Waals surface area (Å²) in [4.78, 5) is 35.5. The minimum atomic E-state index is -0.451. The highest BCUT2D eigenvalue weighted by atomic mass is 32.2. The van der Waals surface area contributed by atoms with Crippen molar-refractivity contribution in [2.75, 3.05) is 16.9 Å². The van der Waals surface area contributed by atoms with Crippen LogP contribution in [0.1, 0.15) is 41.7 Å². The number of aromatic nitrogens is 2. The summed E-state index contributed by atoms with van der Waals surface area (Å²) in [6, 6.07) is 13.2. The van der Waals surface area contributed by atoms with E-state index in [1.807, 2.05) is 24.5 Å². The predicted molar refractivity (Wildman–Crippen MR) is 133 cm³/mol. The SMILES string of the molecule is CSc1sc(NC(=O)Nc2ncccc2C(=O)C2CCCC2)nc1CSc1ccccc1. The van der Waals surface area contributed by atoms with E-state index in [2.05, 4.69) is 32.7 Å². The first-order chi connectivity index (χ1) is 15.6. The van der Waals surface area contributed by atoms with Crippen molar-refractivity contribution >= 4 is 57.6 Å². The quantitative estimate of drug-likeness (QED) is 0.278. The number of nitrogens with one attached hydrogen (secondary N) is 2. The zero-order chi connectivity index (χ0) is 22.3. The smallest absolute Gasteiger partial charge is 0.294 e. The third kappa shape index (κ3) is 5.70. The Bertz CT molecular complexity index is 1080. The first-order valence-electron chi connectivity index (χ1n) is 10.4. The van der Waals surface area contributed by atoms with Crippen molar-refractivity contribution in [3.8, 4) is 0 Å². The maximum absolute atomic E-state index is 12.9. The summed E-state index contributed by atoms with van der Waals surface area (Å²) >= 11 is 4.77. The van der Waals surface area contributed by atoms with E-state index in [1.165, 1.54) is 16.2 Å². The van der Waals surface area contributed by atoms with Gasteiger partial charge in [0.25, 0.3) is 0 Å². The summed E-state index contributed by atoms with van der Waals surface area (Å²) in [5.74, 6) is 1.10. The van der Waals surface area contributed by atoms with Crippen LogP contribution >= 0.6 is 34.9 Å². The van der Waals surface area contributed by atoms with Crippen LogP contribution in [0.25, 0.3) is 0 Å². The molecule has 9 heteroatoms. The van der Waals surface area contributed by atoms with Crippen molar-refractivity contribution < 1.29 is 9.59 Å². The highest BCUT2D eigenvalue weighted by Gasteiger charge is 2.26. The number of nitrogens with zero attached hydrogens (tertiary/aromatic N) is 2. The molecule has 1 aliphatic rings. The number of amides is 2. The van der Waals surface area contributed by atoms with Crippen molar-refractivity contribution in [2.24, 2.45) is 5.92 Å². The second kappa shape index (κ2) is 11.0. The molecule has 0 radical (unpaired) electrons. The molecule has 0 aliphatic heterocycles. The second-order valence-electron chi connectivity index (χ2n) is 7.38. The highest BCUT2D eigenvalue weighted by Crippen LogP contribution is 2.35. The molecule has 1 saturated carbocycles. The summed E-state index contributed by atoms with van der Waals surface area (Å²) in [6.07, 6.45) is 7.54. The molecule has 32 heavy (non-hydrogen) atoms. The van der Waals surface area contributed by atoms with Gasteiger partial charge in [-0.25, -0.2) is 14.8 Å². The number of thiazole rings is 1. The number of urea groups is 1. The Morgan fingerprint density at radius 3 is 2.62 bits per heavy atom. The van der Waals surface area contributed by atoms with Crippen LogP contribution in [0, 0.1) is 5.92 Å². The number of benzene rings is 1. The van der Waals surface area contributed by atoms with Gasteiger partial charge in [-0.15, -0.1) is 23.5 Å². The Kier molecular flexibility index (Phi) is 7.83. The van der Waals surface area contributed by atoms with Crippen LogP contribution in [0.3, 0.4) is 0 Å². The molecule has 2 amide bonds. The second-order valence-corrected chi connectivity index (χ2v) is 10.5. The minimum absolute atomic E-state index is 0.0237. The lowest BCUT2D eigenvalue weighted by molar-refractivity contribution is 0.0923. The van der Waals surface area contributed by atoms with E-state index in [-0.39, 0.29) is 11.7 Å². The maximum atomic E-state index is 12.9. The topological polar surface area (TPSA) is 84.0 Å². The van der Waals surface area contributed by atoms with Crippen LogP contribution in [0.4, 0.5) is 15.7 Å². The summed E-state index contributed by atoms with van der Waals surface area (Å²) in [7, 11) is 0. The summed E-state index contributed by atoms with van der Waals surface area (Å²) < 4.78 is 1.07. The largest absolute Gasteiger partial charge is 0.326 e. The van der Waals surface area contributed by atoms with Gasteiger partial charge < -0.3 is 0 Å². The molecule has 0 saturated heterocycles. The monoisotopic (exact) mass is 484 g/mol. The van der Waals surface area contributed by atoms with Crippen molar-refractivity contribution in [2.45, 2.75) is 40.5 Å². The van der Waals surface area contributed by atoms with Gasteiger partial charge >= 0.3 is 6.03 Å². The van der Waals surface area contributed by atoms with Gasteiger partial charge in [-0.2, -0.15) is 0 Å². The van der Waals surface area contributed by atoms with E-state index in [4.69, 9.17) is 0 Å². The van der Waals surface area contributed by atoms with E-state index in [0.717, 1.165) is 41.3 Å². The van der Waals surface area contributed by atoms with Crippen molar-refractivity contribution in [1.82, 2.24) is 9.97 Å². The van der Waals surface area contributed by atoms with Gasteiger partial charge in [0.05, 0.1) is 15.5 Å². The molecule has 4 rings (SSSR count). The lowest BCUT2D eigenvalue weighted by Crippen LogP contribution is -2.23. The van der Waals surface area contributed by atoms with Gasteiger partial charge in [0.2, 0.25) is 0 Å². The Morgan fingerprint density at radius 2 is 1.88 bits per heavy atom. The summed E-state index contributed by atoms with van der Waals surface area (Å²) in [5.41, 5.74) is 1.42. The average Bonchev–Trinajstić information content (AvgIpc) is 3.48. The molecule has 1 aliphatic carbocycles. The molecule has 2 heterocycles. The minimum Gasteiger partial charge on any atom is -0.294 e. The molecular formula is C23H24N4O2S3. The molecule has 0 spiro atoms.